The molecule has 1 saturated carbocycles. The number of phenols is 2. The van der Waals surface area contributed by atoms with Gasteiger partial charge in [-0.15, -0.1) is 12.4 Å². The molecule has 0 spiro atoms. The smallest absolute Gasteiger partial charge is 0.245 e. The minimum atomic E-state index is -0.851. The largest absolute Gasteiger partial charge is 0.508 e. The van der Waals surface area contributed by atoms with E-state index >= 15 is 0 Å². The maximum atomic E-state index is 13.2. The maximum absolute atomic E-state index is 13.2. The van der Waals surface area contributed by atoms with E-state index in [-0.39, 0.29) is 49.1 Å². The average molecular weight is 483 g/mol. The first kappa shape index (κ1) is 26.7. The number of amides is 3. The predicted octanol–water partition coefficient (Wildman–Crippen LogP) is 1.29. The number of benzene rings is 1. The minimum Gasteiger partial charge on any atom is -0.508 e. The van der Waals surface area contributed by atoms with Crippen molar-refractivity contribution in [2.24, 2.45) is 5.73 Å². The van der Waals surface area contributed by atoms with Gasteiger partial charge in [-0.25, -0.2) is 0 Å². The number of nitrogens with zero attached hydrogens (tertiary/aromatic N) is 2. The van der Waals surface area contributed by atoms with Crippen LogP contribution in [-0.4, -0.2) is 76.0 Å². The third kappa shape index (κ3) is 7.78. The van der Waals surface area contributed by atoms with Gasteiger partial charge in [0.25, 0.3) is 0 Å². The van der Waals surface area contributed by atoms with Crippen LogP contribution in [0.15, 0.2) is 18.2 Å². The standard InChI is InChI=1S/C23H34N4O5.ClH/c24-21(30)9-8-19(25-22(31)14-16-6-7-18(28)15-20(16)29)23(32)27-12-10-26(11-13-27)17-4-2-1-3-5-17;/h6-7,15,17,19,28-29H,1-5,8-14H2,(H2,24,30)(H,25,31);1H. The van der Waals surface area contributed by atoms with Crippen LogP contribution in [0.4, 0.5) is 0 Å². The molecule has 0 aromatic heterocycles. The van der Waals surface area contributed by atoms with Crippen molar-refractivity contribution < 1.29 is 24.6 Å². The predicted molar refractivity (Wildman–Crippen MR) is 126 cm³/mol. The third-order valence-electron chi connectivity index (χ3n) is 6.45. The fraction of sp³-hybridized carbons (Fsp3) is 0.609. The van der Waals surface area contributed by atoms with Crippen molar-refractivity contribution in [2.45, 2.75) is 63.5 Å². The van der Waals surface area contributed by atoms with Crippen molar-refractivity contribution in [3.8, 4) is 11.5 Å². The molecule has 10 heteroatoms. The Bertz CT molecular complexity index is 823. The highest BCUT2D eigenvalue weighted by molar-refractivity contribution is 5.89. The van der Waals surface area contributed by atoms with Crippen LogP contribution in [-0.2, 0) is 20.8 Å². The van der Waals surface area contributed by atoms with Gasteiger partial charge in [-0.1, -0.05) is 25.3 Å². The van der Waals surface area contributed by atoms with E-state index in [1.807, 2.05) is 0 Å². The summed E-state index contributed by atoms with van der Waals surface area (Å²) in [5.41, 5.74) is 5.60. The van der Waals surface area contributed by atoms with Crippen LogP contribution in [0.1, 0.15) is 50.5 Å². The third-order valence-corrected chi connectivity index (χ3v) is 6.45. The summed E-state index contributed by atoms with van der Waals surface area (Å²) in [6, 6.07) is 3.74. The molecular weight excluding hydrogens is 448 g/mol. The van der Waals surface area contributed by atoms with Crippen molar-refractivity contribution >= 4 is 30.1 Å². The van der Waals surface area contributed by atoms with Gasteiger partial charge >= 0.3 is 0 Å². The summed E-state index contributed by atoms with van der Waals surface area (Å²) >= 11 is 0. The Labute approximate surface area is 200 Å². The molecule has 1 heterocycles. The molecule has 1 aliphatic heterocycles. The normalized spacial score (nSPS) is 18.2. The van der Waals surface area contributed by atoms with Gasteiger partial charge in [0.2, 0.25) is 17.7 Å². The van der Waals surface area contributed by atoms with E-state index in [1.165, 1.54) is 44.2 Å². The van der Waals surface area contributed by atoms with E-state index in [4.69, 9.17) is 5.73 Å². The first-order chi connectivity index (χ1) is 15.3. The first-order valence-corrected chi connectivity index (χ1v) is 11.4. The number of nitrogens with two attached hydrogens (primary N) is 1. The highest BCUT2D eigenvalue weighted by atomic mass is 35.5. The molecule has 0 bridgehead atoms. The average Bonchev–Trinajstić information content (AvgIpc) is 2.78. The number of nitrogens with one attached hydrogen (secondary N) is 1. The van der Waals surface area contributed by atoms with Crippen molar-refractivity contribution in [2.75, 3.05) is 26.2 Å². The summed E-state index contributed by atoms with van der Waals surface area (Å²) in [6.07, 6.45) is 6.24. The monoisotopic (exact) mass is 482 g/mol. The molecule has 1 aliphatic carbocycles. The lowest BCUT2D eigenvalue weighted by atomic mass is 9.94. The van der Waals surface area contributed by atoms with E-state index < -0.39 is 17.9 Å². The zero-order valence-corrected chi connectivity index (χ0v) is 19.7. The number of hydrogen-bond acceptors (Lipinski definition) is 6. The summed E-state index contributed by atoms with van der Waals surface area (Å²) in [7, 11) is 0. The molecule has 1 atom stereocenters. The van der Waals surface area contributed by atoms with Gasteiger partial charge in [0, 0.05) is 50.3 Å². The molecule has 0 radical (unpaired) electrons. The summed E-state index contributed by atoms with van der Waals surface area (Å²) in [6.45, 7) is 2.82. The number of primary amides is 1. The van der Waals surface area contributed by atoms with Crippen molar-refractivity contribution in [1.29, 1.82) is 0 Å². The summed E-state index contributed by atoms with van der Waals surface area (Å²) in [5, 5.41) is 22.0. The van der Waals surface area contributed by atoms with Crippen LogP contribution in [0.25, 0.3) is 0 Å². The van der Waals surface area contributed by atoms with Gasteiger partial charge in [-0.3, -0.25) is 19.3 Å². The number of piperazine rings is 1. The second-order valence-corrected chi connectivity index (χ2v) is 8.77. The van der Waals surface area contributed by atoms with Crippen LogP contribution in [0.2, 0.25) is 0 Å². The molecule has 33 heavy (non-hydrogen) atoms. The Balaban J connectivity index is 0.00000385. The summed E-state index contributed by atoms with van der Waals surface area (Å²) in [5.74, 6) is -1.49. The fourth-order valence-electron chi connectivity index (χ4n) is 4.64. The Kier molecular flexibility index (Phi) is 10.2. The van der Waals surface area contributed by atoms with Gasteiger partial charge in [0.1, 0.15) is 17.5 Å². The van der Waals surface area contributed by atoms with Gasteiger partial charge in [0.05, 0.1) is 6.42 Å². The van der Waals surface area contributed by atoms with Crippen LogP contribution in [0.3, 0.4) is 0 Å². The number of phenolic OH excluding ortho intramolecular Hbond substituents is 2. The Morgan fingerprint density at radius 3 is 2.33 bits per heavy atom. The molecule has 1 aromatic rings. The number of carbonyl (C=O) groups is 3. The van der Waals surface area contributed by atoms with Crippen molar-refractivity contribution in [3.05, 3.63) is 23.8 Å². The summed E-state index contributed by atoms with van der Waals surface area (Å²) < 4.78 is 0. The number of halogens is 1. The van der Waals surface area contributed by atoms with Crippen molar-refractivity contribution in [3.63, 3.8) is 0 Å². The zero-order valence-electron chi connectivity index (χ0n) is 18.9. The molecular formula is C23H35ClN4O5. The highest BCUT2D eigenvalue weighted by Gasteiger charge is 2.31. The second kappa shape index (κ2) is 12.6. The molecule has 2 fully saturated rings. The molecule has 2 aliphatic rings. The van der Waals surface area contributed by atoms with Crippen LogP contribution in [0.5, 0.6) is 11.5 Å². The first-order valence-electron chi connectivity index (χ1n) is 11.4. The molecule has 3 rings (SSSR count). The topological polar surface area (TPSA) is 136 Å². The van der Waals surface area contributed by atoms with E-state index in [2.05, 4.69) is 10.2 Å². The molecule has 1 saturated heterocycles. The lowest BCUT2D eigenvalue weighted by Gasteiger charge is -2.41. The summed E-state index contributed by atoms with van der Waals surface area (Å²) in [4.78, 5) is 41.2. The van der Waals surface area contributed by atoms with Crippen LogP contribution < -0.4 is 11.1 Å². The molecule has 5 N–H and O–H groups in total. The number of hydrogen-bond donors (Lipinski definition) is 4. The quantitative estimate of drug-likeness (QED) is 0.440. The number of aromatic hydroxyl groups is 2. The van der Waals surface area contributed by atoms with E-state index in [9.17, 15) is 24.6 Å². The van der Waals surface area contributed by atoms with Crippen molar-refractivity contribution in [1.82, 2.24) is 15.1 Å². The molecule has 184 valence electrons. The molecule has 1 aromatic carbocycles. The van der Waals surface area contributed by atoms with E-state index in [0.717, 1.165) is 19.2 Å². The van der Waals surface area contributed by atoms with E-state index in [0.29, 0.717) is 24.7 Å². The molecule has 9 nitrogen and oxygen atoms in total. The molecule has 1 unspecified atom stereocenters. The SMILES string of the molecule is Cl.NC(=O)CCC(NC(=O)Cc1ccc(O)cc1O)C(=O)N1CCN(C2CCCCC2)CC1. The second-order valence-electron chi connectivity index (χ2n) is 8.77. The van der Waals surface area contributed by atoms with E-state index in [1.54, 1.807) is 4.90 Å². The Morgan fingerprint density at radius 1 is 1.06 bits per heavy atom. The zero-order chi connectivity index (χ0) is 23.1. The number of carbonyl (C=O) groups excluding carboxylic acids is 3. The Hall–Kier alpha value is -2.52. The van der Waals surface area contributed by atoms with Gasteiger partial charge in [-0.2, -0.15) is 0 Å². The van der Waals surface area contributed by atoms with Gasteiger partial charge in [0.15, 0.2) is 0 Å². The lowest BCUT2D eigenvalue weighted by molar-refractivity contribution is -0.138. The fourth-order valence-corrected chi connectivity index (χ4v) is 4.64. The van der Waals surface area contributed by atoms with Gasteiger partial charge in [-0.05, 0) is 25.3 Å². The Morgan fingerprint density at radius 2 is 1.73 bits per heavy atom. The van der Waals surface area contributed by atoms with Crippen LogP contribution >= 0.6 is 12.4 Å². The number of rotatable bonds is 8. The van der Waals surface area contributed by atoms with Gasteiger partial charge < -0.3 is 26.2 Å². The maximum Gasteiger partial charge on any atom is 0.245 e. The highest BCUT2D eigenvalue weighted by Crippen LogP contribution is 2.24. The van der Waals surface area contributed by atoms with Crippen LogP contribution in [0, 0.1) is 0 Å². The lowest BCUT2D eigenvalue weighted by Crippen LogP contribution is -2.56. The minimum absolute atomic E-state index is 0. The molecule has 3 amide bonds.